The van der Waals surface area contributed by atoms with E-state index in [1.807, 2.05) is 18.2 Å². The molecule has 3 heteroatoms. The van der Waals surface area contributed by atoms with Crippen molar-refractivity contribution in [3.05, 3.63) is 65.7 Å². The Morgan fingerprint density at radius 2 is 2.05 bits per heavy atom. The van der Waals surface area contributed by atoms with Crippen molar-refractivity contribution in [2.24, 2.45) is 5.41 Å². The number of hydrogen-bond acceptors (Lipinski definition) is 2. The van der Waals surface area contributed by atoms with Crippen LogP contribution < -0.4 is 4.74 Å². The number of pyridine rings is 1. The van der Waals surface area contributed by atoms with Crippen molar-refractivity contribution in [3.8, 4) is 5.75 Å². The molecule has 0 unspecified atom stereocenters. The summed E-state index contributed by atoms with van der Waals surface area (Å²) >= 11 is 0. The molecule has 0 saturated heterocycles. The fourth-order valence-electron chi connectivity index (χ4n) is 2.35. The molecule has 20 heavy (non-hydrogen) atoms. The maximum atomic E-state index is 13.6. The van der Waals surface area contributed by atoms with Crippen LogP contribution in [0, 0.1) is 11.2 Å². The summed E-state index contributed by atoms with van der Waals surface area (Å²) in [5.74, 6) is 0.433. The largest absolute Gasteiger partial charge is 0.492 e. The molecule has 1 aromatic heterocycles. The molecule has 2 heterocycles. The SMILES string of the molecule is CC1(C)C=C(c2ccccn2)c2cc(F)ccc2OC1. The Labute approximate surface area is 117 Å². The fourth-order valence-corrected chi connectivity index (χ4v) is 2.35. The predicted octanol–water partition coefficient (Wildman–Crippen LogP) is 4.07. The highest BCUT2D eigenvalue weighted by Crippen LogP contribution is 2.38. The molecule has 1 aliphatic rings. The molecule has 0 radical (unpaired) electrons. The van der Waals surface area contributed by atoms with Crippen LogP contribution in [-0.4, -0.2) is 11.6 Å². The third-order valence-electron chi connectivity index (χ3n) is 3.31. The van der Waals surface area contributed by atoms with Gasteiger partial charge < -0.3 is 4.74 Å². The Morgan fingerprint density at radius 3 is 2.80 bits per heavy atom. The average Bonchev–Trinajstić information content (AvgIpc) is 2.57. The standard InChI is InChI=1S/C17H16FNO/c1-17(2)10-14(15-5-3-4-8-19-15)13-9-12(18)6-7-16(13)20-11-17/h3-10H,11H2,1-2H3. The molecule has 0 fully saturated rings. The Morgan fingerprint density at radius 1 is 1.20 bits per heavy atom. The van der Waals surface area contributed by atoms with Crippen molar-refractivity contribution in [1.82, 2.24) is 4.98 Å². The van der Waals surface area contributed by atoms with Crippen LogP contribution in [0.1, 0.15) is 25.1 Å². The van der Waals surface area contributed by atoms with Crippen molar-refractivity contribution in [2.45, 2.75) is 13.8 Å². The zero-order valence-electron chi connectivity index (χ0n) is 11.6. The molecule has 0 atom stereocenters. The molecule has 1 aliphatic heterocycles. The van der Waals surface area contributed by atoms with Gasteiger partial charge in [-0.3, -0.25) is 4.98 Å². The van der Waals surface area contributed by atoms with Crippen LogP contribution in [0.5, 0.6) is 5.75 Å². The lowest BCUT2D eigenvalue weighted by Crippen LogP contribution is -2.17. The second-order valence-corrected chi connectivity index (χ2v) is 5.69. The molecular formula is C17H16FNO. The lowest BCUT2D eigenvalue weighted by Gasteiger charge is -2.18. The van der Waals surface area contributed by atoms with Gasteiger partial charge in [0.15, 0.2) is 0 Å². The van der Waals surface area contributed by atoms with E-state index in [4.69, 9.17) is 4.74 Å². The van der Waals surface area contributed by atoms with E-state index in [0.29, 0.717) is 12.4 Å². The minimum atomic E-state index is -0.270. The number of benzene rings is 1. The van der Waals surface area contributed by atoms with E-state index in [0.717, 1.165) is 16.8 Å². The maximum Gasteiger partial charge on any atom is 0.127 e. The monoisotopic (exact) mass is 269 g/mol. The quantitative estimate of drug-likeness (QED) is 0.778. The molecule has 0 amide bonds. The van der Waals surface area contributed by atoms with Gasteiger partial charge in [-0.1, -0.05) is 26.0 Å². The highest BCUT2D eigenvalue weighted by Gasteiger charge is 2.25. The van der Waals surface area contributed by atoms with Crippen LogP contribution in [0.15, 0.2) is 48.7 Å². The molecule has 0 N–H and O–H groups in total. The third kappa shape index (κ3) is 2.44. The number of hydrogen-bond donors (Lipinski definition) is 0. The third-order valence-corrected chi connectivity index (χ3v) is 3.31. The van der Waals surface area contributed by atoms with Gasteiger partial charge in [-0.15, -0.1) is 0 Å². The van der Waals surface area contributed by atoms with Crippen LogP contribution in [0.3, 0.4) is 0 Å². The highest BCUT2D eigenvalue weighted by atomic mass is 19.1. The van der Waals surface area contributed by atoms with E-state index in [1.54, 1.807) is 12.3 Å². The van der Waals surface area contributed by atoms with Crippen LogP contribution in [0.25, 0.3) is 5.57 Å². The van der Waals surface area contributed by atoms with Gasteiger partial charge in [0.25, 0.3) is 0 Å². The number of ether oxygens (including phenoxy) is 1. The first-order valence-electron chi connectivity index (χ1n) is 6.62. The molecule has 3 rings (SSSR count). The van der Waals surface area contributed by atoms with Gasteiger partial charge in [0.05, 0.1) is 12.3 Å². The van der Waals surface area contributed by atoms with Crippen molar-refractivity contribution >= 4 is 5.57 Å². The second-order valence-electron chi connectivity index (χ2n) is 5.69. The number of fused-ring (bicyclic) bond motifs is 1. The molecule has 0 saturated carbocycles. The zero-order valence-corrected chi connectivity index (χ0v) is 11.6. The van der Waals surface area contributed by atoms with E-state index in [1.165, 1.54) is 12.1 Å². The Kier molecular flexibility index (Phi) is 3.05. The van der Waals surface area contributed by atoms with Crippen molar-refractivity contribution in [3.63, 3.8) is 0 Å². The minimum Gasteiger partial charge on any atom is -0.492 e. The molecule has 0 spiro atoms. The summed E-state index contributed by atoms with van der Waals surface area (Å²) in [4.78, 5) is 4.39. The first-order chi connectivity index (χ1) is 9.55. The van der Waals surface area contributed by atoms with Gasteiger partial charge in [-0.25, -0.2) is 4.39 Å². The Balaban J connectivity index is 2.23. The zero-order chi connectivity index (χ0) is 14.2. The smallest absolute Gasteiger partial charge is 0.127 e. The summed E-state index contributed by atoms with van der Waals surface area (Å²) in [7, 11) is 0. The summed E-state index contributed by atoms with van der Waals surface area (Å²) in [5, 5.41) is 0. The van der Waals surface area contributed by atoms with Crippen molar-refractivity contribution in [1.29, 1.82) is 0 Å². The average molecular weight is 269 g/mol. The fraction of sp³-hybridized carbons (Fsp3) is 0.235. The molecule has 0 bridgehead atoms. The van der Waals surface area contributed by atoms with E-state index in [-0.39, 0.29) is 11.2 Å². The first kappa shape index (κ1) is 12.9. The van der Waals surface area contributed by atoms with Gasteiger partial charge in [0, 0.05) is 22.7 Å². The first-order valence-corrected chi connectivity index (χ1v) is 6.62. The predicted molar refractivity (Wildman–Crippen MR) is 77.0 cm³/mol. The lowest BCUT2D eigenvalue weighted by molar-refractivity contribution is 0.224. The van der Waals surface area contributed by atoms with Crippen LogP contribution in [-0.2, 0) is 0 Å². The molecule has 2 nitrogen and oxygen atoms in total. The van der Waals surface area contributed by atoms with Crippen LogP contribution in [0.4, 0.5) is 4.39 Å². The van der Waals surface area contributed by atoms with Gasteiger partial charge in [0.2, 0.25) is 0 Å². The van der Waals surface area contributed by atoms with Crippen LogP contribution in [0.2, 0.25) is 0 Å². The second kappa shape index (κ2) is 4.75. The summed E-state index contributed by atoms with van der Waals surface area (Å²) in [5.41, 5.74) is 2.37. The molecule has 1 aromatic carbocycles. The summed E-state index contributed by atoms with van der Waals surface area (Å²) < 4.78 is 19.4. The number of aromatic nitrogens is 1. The number of rotatable bonds is 1. The normalized spacial score (nSPS) is 16.6. The van der Waals surface area contributed by atoms with Gasteiger partial charge in [-0.05, 0) is 30.3 Å². The molecule has 2 aromatic rings. The van der Waals surface area contributed by atoms with E-state index < -0.39 is 0 Å². The number of halogens is 1. The summed E-state index contributed by atoms with van der Waals surface area (Å²) in [6.45, 7) is 4.75. The maximum absolute atomic E-state index is 13.6. The lowest BCUT2D eigenvalue weighted by atomic mass is 9.89. The topological polar surface area (TPSA) is 22.1 Å². The van der Waals surface area contributed by atoms with Crippen LogP contribution >= 0.6 is 0 Å². The minimum absolute atomic E-state index is 0.137. The number of nitrogens with zero attached hydrogens (tertiary/aromatic N) is 1. The van der Waals surface area contributed by atoms with Crippen molar-refractivity contribution < 1.29 is 9.13 Å². The highest BCUT2D eigenvalue weighted by molar-refractivity contribution is 5.82. The van der Waals surface area contributed by atoms with E-state index >= 15 is 0 Å². The molecule has 102 valence electrons. The molecular weight excluding hydrogens is 253 g/mol. The Bertz CT molecular complexity index is 662. The van der Waals surface area contributed by atoms with E-state index in [2.05, 4.69) is 24.9 Å². The summed E-state index contributed by atoms with van der Waals surface area (Å²) in [6, 6.07) is 10.4. The van der Waals surface area contributed by atoms with Crippen molar-refractivity contribution in [2.75, 3.05) is 6.61 Å². The Hall–Kier alpha value is -2.16. The summed E-state index contributed by atoms with van der Waals surface area (Å²) in [6.07, 6.45) is 3.86. The van der Waals surface area contributed by atoms with E-state index in [9.17, 15) is 4.39 Å². The molecule has 0 aliphatic carbocycles. The van der Waals surface area contributed by atoms with Gasteiger partial charge in [0.1, 0.15) is 11.6 Å². The van der Waals surface area contributed by atoms with Gasteiger partial charge in [-0.2, -0.15) is 0 Å². The van der Waals surface area contributed by atoms with Gasteiger partial charge >= 0.3 is 0 Å².